The van der Waals surface area contributed by atoms with Crippen molar-refractivity contribution < 1.29 is 4.74 Å². The van der Waals surface area contributed by atoms with Gasteiger partial charge in [-0.2, -0.15) is 5.26 Å². The smallest absolute Gasteiger partial charge is 0.228 e. The molecule has 0 bridgehead atoms. The van der Waals surface area contributed by atoms with E-state index < -0.39 is 0 Å². The highest BCUT2D eigenvalue weighted by molar-refractivity contribution is 6.30. The molecule has 0 amide bonds. The zero-order valence-electron chi connectivity index (χ0n) is 9.51. The van der Waals surface area contributed by atoms with Crippen molar-refractivity contribution in [2.24, 2.45) is 0 Å². The molecule has 0 unspecified atom stereocenters. The predicted octanol–water partition coefficient (Wildman–Crippen LogP) is 2.75. The Balaban J connectivity index is 2.33. The van der Waals surface area contributed by atoms with E-state index in [1.165, 1.54) is 12.3 Å². The molecular weight excluding hydrogens is 252 g/mol. The number of nitrogens with one attached hydrogen (secondary N) is 1. The highest BCUT2D eigenvalue weighted by Gasteiger charge is 2.06. The summed E-state index contributed by atoms with van der Waals surface area (Å²) in [6.07, 6.45) is 1.50. The van der Waals surface area contributed by atoms with E-state index in [4.69, 9.17) is 21.6 Å². The predicted molar refractivity (Wildman–Crippen MR) is 68.0 cm³/mol. The number of anilines is 2. The van der Waals surface area contributed by atoms with Crippen LogP contribution in [-0.2, 0) is 0 Å². The van der Waals surface area contributed by atoms with Gasteiger partial charge in [-0.05, 0) is 24.3 Å². The average Bonchev–Trinajstić information content (AvgIpc) is 2.39. The number of aromatic nitrogens is 2. The Morgan fingerprint density at radius 3 is 2.94 bits per heavy atom. The molecule has 0 aliphatic carbocycles. The van der Waals surface area contributed by atoms with Crippen molar-refractivity contribution in [1.82, 2.24) is 9.97 Å². The molecule has 0 spiro atoms. The first-order valence-electron chi connectivity index (χ1n) is 5.06. The van der Waals surface area contributed by atoms with Crippen LogP contribution in [0.25, 0.3) is 0 Å². The van der Waals surface area contributed by atoms with E-state index in [-0.39, 0.29) is 5.69 Å². The fourth-order valence-corrected chi connectivity index (χ4v) is 1.55. The van der Waals surface area contributed by atoms with Gasteiger partial charge >= 0.3 is 0 Å². The number of methoxy groups -OCH3 is 1. The number of hydrogen-bond donors (Lipinski definition) is 1. The lowest BCUT2D eigenvalue weighted by molar-refractivity contribution is 0.417. The molecule has 0 aliphatic rings. The van der Waals surface area contributed by atoms with Crippen LogP contribution in [0.15, 0.2) is 30.5 Å². The van der Waals surface area contributed by atoms with Crippen molar-refractivity contribution in [3.8, 4) is 11.8 Å². The first-order chi connectivity index (χ1) is 8.72. The minimum atomic E-state index is 0.286. The highest BCUT2D eigenvalue weighted by Crippen LogP contribution is 2.29. The Labute approximate surface area is 109 Å². The van der Waals surface area contributed by atoms with E-state index in [1.807, 2.05) is 6.07 Å². The minimum absolute atomic E-state index is 0.286. The number of halogens is 1. The maximum absolute atomic E-state index is 8.76. The Hall–Kier alpha value is -2.32. The molecule has 1 aromatic carbocycles. The van der Waals surface area contributed by atoms with Gasteiger partial charge < -0.3 is 10.1 Å². The largest absolute Gasteiger partial charge is 0.495 e. The number of rotatable bonds is 3. The van der Waals surface area contributed by atoms with Crippen molar-refractivity contribution >= 4 is 23.2 Å². The molecule has 0 saturated carbocycles. The molecule has 0 saturated heterocycles. The lowest BCUT2D eigenvalue weighted by Gasteiger charge is -2.10. The molecule has 90 valence electrons. The SMILES string of the molecule is COc1ccc(Cl)cc1Nc1nccc(C#N)n1. The molecule has 0 fully saturated rings. The summed E-state index contributed by atoms with van der Waals surface area (Å²) in [6.45, 7) is 0. The van der Waals surface area contributed by atoms with Gasteiger partial charge in [0.1, 0.15) is 17.5 Å². The van der Waals surface area contributed by atoms with Gasteiger partial charge in [-0.15, -0.1) is 0 Å². The van der Waals surface area contributed by atoms with Crippen molar-refractivity contribution in [1.29, 1.82) is 5.26 Å². The van der Waals surface area contributed by atoms with E-state index in [0.29, 0.717) is 22.4 Å². The number of benzene rings is 1. The third kappa shape index (κ3) is 2.67. The van der Waals surface area contributed by atoms with Crippen molar-refractivity contribution in [2.75, 3.05) is 12.4 Å². The van der Waals surface area contributed by atoms with Gasteiger partial charge in [0.25, 0.3) is 0 Å². The molecule has 0 aliphatic heterocycles. The summed E-state index contributed by atoms with van der Waals surface area (Å²) in [5, 5.41) is 12.3. The maximum atomic E-state index is 8.76. The summed E-state index contributed by atoms with van der Waals surface area (Å²) >= 11 is 5.91. The van der Waals surface area contributed by atoms with Crippen LogP contribution in [0.4, 0.5) is 11.6 Å². The second kappa shape index (κ2) is 5.34. The lowest BCUT2D eigenvalue weighted by atomic mass is 10.3. The summed E-state index contributed by atoms with van der Waals surface area (Å²) < 4.78 is 5.19. The van der Waals surface area contributed by atoms with Crippen LogP contribution >= 0.6 is 11.6 Å². The zero-order valence-corrected chi connectivity index (χ0v) is 10.3. The third-order valence-corrected chi connectivity index (χ3v) is 2.41. The number of hydrogen-bond acceptors (Lipinski definition) is 5. The van der Waals surface area contributed by atoms with Gasteiger partial charge in [0.15, 0.2) is 0 Å². The fourth-order valence-electron chi connectivity index (χ4n) is 1.38. The number of ether oxygens (including phenoxy) is 1. The first-order valence-corrected chi connectivity index (χ1v) is 5.44. The van der Waals surface area contributed by atoms with E-state index >= 15 is 0 Å². The summed E-state index contributed by atoms with van der Waals surface area (Å²) in [7, 11) is 1.56. The van der Waals surface area contributed by atoms with Gasteiger partial charge in [0.05, 0.1) is 12.8 Å². The molecule has 0 radical (unpaired) electrons. The molecule has 2 aromatic rings. The van der Waals surface area contributed by atoms with Gasteiger partial charge in [-0.1, -0.05) is 11.6 Å². The molecule has 1 N–H and O–H groups in total. The highest BCUT2D eigenvalue weighted by atomic mass is 35.5. The summed E-state index contributed by atoms with van der Waals surface area (Å²) in [5.41, 5.74) is 0.925. The molecule has 1 heterocycles. The van der Waals surface area contributed by atoms with E-state index in [2.05, 4.69) is 15.3 Å². The van der Waals surface area contributed by atoms with Crippen LogP contribution in [0.3, 0.4) is 0 Å². The molecule has 6 heteroatoms. The van der Waals surface area contributed by atoms with Crippen LogP contribution in [0.1, 0.15) is 5.69 Å². The number of nitriles is 1. The molecule has 2 rings (SSSR count). The maximum Gasteiger partial charge on any atom is 0.228 e. The standard InChI is InChI=1S/C12H9ClN4O/c1-18-11-3-2-8(13)6-10(11)17-12-15-5-4-9(7-14)16-12/h2-6H,1H3,(H,15,16,17). The van der Waals surface area contributed by atoms with Crippen molar-refractivity contribution in [2.45, 2.75) is 0 Å². The first kappa shape index (κ1) is 12.1. The zero-order chi connectivity index (χ0) is 13.0. The Morgan fingerprint density at radius 1 is 1.39 bits per heavy atom. The van der Waals surface area contributed by atoms with Crippen LogP contribution in [0.2, 0.25) is 5.02 Å². The molecule has 1 aromatic heterocycles. The van der Waals surface area contributed by atoms with E-state index in [0.717, 1.165) is 0 Å². The van der Waals surface area contributed by atoms with Crippen molar-refractivity contribution in [3.63, 3.8) is 0 Å². The molecular formula is C12H9ClN4O. The summed E-state index contributed by atoms with van der Waals surface area (Å²) in [4.78, 5) is 8.03. The monoisotopic (exact) mass is 260 g/mol. The van der Waals surface area contributed by atoms with E-state index in [9.17, 15) is 0 Å². The van der Waals surface area contributed by atoms with Gasteiger partial charge in [0.2, 0.25) is 5.95 Å². The Morgan fingerprint density at radius 2 is 2.22 bits per heavy atom. The molecule has 5 nitrogen and oxygen atoms in total. The normalized spacial score (nSPS) is 9.61. The van der Waals surface area contributed by atoms with Crippen LogP contribution < -0.4 is 10.1 Å². The van der Waals surface area contributed by atoms with Crippen LogP contribution in [0.5, 0.6) is 5.75 Å². The molecule has 0 atom stereocenters. The minimum Gasteiger partial charge on any atom is -0.495 e. The lowest BCUT2D eigenvalue weighted by Crippen LogP contribution is -2.00. The van der Waals surface area contributed by atoms with E-state index in [1.54, 1.807) is 25.3 Å². The second-order valence-corrected chi connectivity index (χ2v) is 3.78. The third-order valence-electron chi connectivity index (χ3n) is 2.18. The van der Waals surface area contributed by atoms with Crippen LogP contribution in [-0.4, -0.2) is 17.1 Å². The van der Waals surface area contributed by atoms with Gasteiger partial charge in [0, 0.05) is 11.2 Å². The number of nitrogens with zero attached hydrogens (tertiary/aromatic N) is 3. The quantitative estimate of drug-likeness (QED) is 0.919. The Kier molecular flexibility index (Phi) is 3.60. The van der Waals surface area contributed by atoms with Crippen molar-refractivity contribution in [3.05, 3.63) is 41.2 Å². The second-order valence-electron chi connectivity index (χ2n) is 3.35. The molecule has 18 heavy (non-hydrogen) atoms. The van der Waals surface area contributed by atoms with Gasteiger partial charge in [-0.25, -0.2) is 9.97 Å². The summed E-state index contributed by atoms with van der Waals surface area (Å²) in [5.74, 6) is 0.931. The average molecular weight is 261 g/mol. The summed E-state index contributed by atoms with van der Waals surface area (Å²) in [6, 6.07) is 8.63. The van der Waals surface area contributed by atoms with Gasteiger partial charge in [-0.3, -0.25) is 0 Å². The fraction of sp³-hybridized carbons (Fsp3) is 0.0833. The topological polar surface area (TPSA) is 70.8 Å². The van der Waals surface area contributed by atoms with Crippen LogP contribution in [0, 0.1) is 11.3 Å². The Bertz CT molecular complexity index is 609.